The summed E-state index contributed by atoms with van der Waals surface area (Å²) in [7, 11) is 0. The Hall–Kier alpha value is -1.60. The molecule has 0 amide bonds. The summed E-state index contributed by atoms with van der Waals surface area (Å²) >= 11 is 0. The SMILES string of the molecule is C=C(C)Cc1ccc2ccccc2c1C(O)CCC. The van der Waals surface area contributed by atoms with Crippen LogP contribution in [0.4, 0.5) is 0 Å². The molecule has 0 aliphatic carbocycles. The Labute approximate surface area is 115 Å². The smallest absolute Gasteiger partial charge is 0.0798 e. The topological polar surface area (TPSA) is 20.2 Å². The van der Waals surface area contributed by atoms with E-state index < -0.39 is 0 Å². The maximum atomic E-state index is 10.5. The number of hydrogen-bond donors (Lipinski definition) is 1. The average molecular weight is 254 g/mol. The van der Waals surface area contributed by atoms with Crippen LogP contribution >= 0.6 is 0 Å². The monoisotopic (exact) mass is 254 g/mol. The second-order valence-electron chi connectivity index (χ2n) is 5.30. The number of benzene rings is 2. The van der Waals surface area contributed by atoms with Crippen LogP contribution in [0.15, 0.2) is 48.6 Å². The minimum atomic E-state index is -0.384. The molecule has 0 bridgehead atoms. The van der Waals surface area contributed by atoms with Gasteiger partial charge >= 0.3 is 0 Å². The quantitative estimate of drug-likeness (QED) is 0.760. The van der Waals surface area contributed by atoms with Crippen molar-refractivity contribution in [1.82, 2.24) is 0 Å². The van der Waals surface area contributed by atoms with Crippen molar-refractivity contribution in [3.05, 3.63) is 59.7 Å². The molecule has 0 aliphatic heterocycles. The first kappa shape index (κ1) is 13.8. The zero-order chi connectivity index (χ0) is 13.8. The molecule has 0 saturated heterocycles. The lowest BCUT2D eigenvalue weighted by Gasteiger charge is -2.18. The number of allylic oxidation sites excluding steroid dienone is 1. The van der Waals surface area contributed by atoms with E-state index in [9.17, 15) is 5.11 Å². The maximum absolute atomic E-state index is 10.5. The molecular weight excluding hydrogens is 232 g/mol. The lowest BCUT2D eigenvalue weighted by Crippen LogP contribution is -2.04. The van der Waals surface area contributed by atoms with E-state index >= 15 is 0 Å². The highest BCUT2D eigenvalue weighted by atomic mass is 16.3. The van der Waals surface area contributed by atoms with Crippen molar-refractivity contribution in [2.45, 2.75) is 39.2 Å². The fourth-order valence-electron chi connectivity index (χ4n) is 2.63. The zero-order valence-electron chi connectivity index (χ0n) is 11.8. The van der Waals surface area contributed by atoms with Crippen LogP contribution in [0.3, 0.4) is 0 Å². The van der Waals surface area contributed by atoms with Crippen LogP contribution in [-0.2, 0) is 6.42 Å². The summed E-state index contributed by atoms with van der Waals surface area (Å²) in [6, 6.07) is 12.5. The summed E-state index contributed by atoms with van der Waals surface area (Å²) in [5.41, 5.74) is 3.41. The molecule has 0 radical (unpaired) electrons. The first-order valence-electron chi connectivity index (χ1n) is 6.96. The van der Waals surface area contributed by atoms with Crippen molar-refractivity contribution >= 4 is 10.8 Å². The predicted molar refractivity (Wildman–Crippen MR) is 82.3 cm³/mol. The van der Waals surface area contributed by atoms with E-state index in [0.717, 1.165) is 30.4 Å². The van der Waals surface area contributed by atoms with Gasteiger partial charge in [0.15, 0.2) is 0 Å². The Balaban J connectivity index is 2.60. The molecule has 0 heterocycles. The molecule has 1 unspecified atom stereocenters. The summed E-state index contributed by atoms with van der Waals surface area (Å²) in [4.78, 5) is 0. The highest BCUT2D eigenvalue weighted by Crippen LogP contribution is 2.31. The summed E-state index contributed by atoms with van der Waals surface area (Å²) in [6.07, 6.45) is 2.24. The molecule has 19 heavy (non-hydrogen) atoms. The number of fused-ring (bicyclic) bond motifs is 1. The van der Waals surface area contributed by atoms with Crippen molar-refractivity contribution in [3.8, 4) is 0 Å². The van der Waals surface area contributed by atoms with Crippen molar-refractivity contribution < 1.29 is 5.11 Å². The number of rotatable bonds is 5. The van der Waals surface area contributed by atoms with E-state index in [0.29, 0.717) is 0 Å². The fraction of sp³-hybridized carbons (Fsp3) is 0.333. The van der Waals surface area contributed by atoms with Gasteiger partial charge in [-0.3, -0.25) is 0 Å². The van der Waals surface area contributed by atoms with E-state index in [1.807, 2.05) is 19.1 Å². The summed E-state index contributed by atoms with van der Waals surface area (Å²) < 4.78 is 0. The third kappa shape index (κ3) is 3.05. The Morgan fingerprint density at radius 3 is 2.63 bits per heavy atom. The van der Waals surface area contributed by atoms with Gasteiger partial charge in [0, 0.05) is 0 Å². The van der Waals surface area contributed by atoms with Gasteiger partial charge in [-0.15, -0.1) is 0 Å². The van der Waals surface area contributed by atoms with Crippen LogP contribution in [-0.4, -0.2) is 5.11 Å². The second-order valence-corrected chi connectivity index (χ2v) is 5.30. The minimum absolute atomic E-state index is 0.384. The summed E-state index contributed by atoms with van der Waals surface area (Å²) in [5, 5.41) is 12.8. The van der Waals surface area contributed by atoms with Gasteiger partial charge in [-0.2, -0.15) is 0 Å². The van der Waals surface area contributed by atoms with Crippen LogP contribution in [0.5, 0.6) is 0 Å². The van der Waals surface area contributed by atoms with Crippen LogP contribution < -0.4 is 0 Å². The average Bonchev–Trinajstić information content (AvgIpc) is 2.38. The van der Waals surface area contributed by atoms with Gasteiger partial charge in [0.2, 0.25) is 0 Å². The molecular formula is C18H22O. The zero-order valence-corrected chi connectivity index (χ0v) is 11.8. The molecule has 0 aliphatic rings. The Morgan fingerprint density at radius 2 is 1.95 bits per heavy atom. The molecule has 1 nitrogen and oxygen atoms in total. The highest BCUT2D eigenvalue weighted by Gasteiger charge is 2.15. The predicted octanol–water partition coefficient (Wildman–Crippen LogP) is 4.79. The van der Waals surface area contributed by atoms with Crippen LogP contribution in [0, 0.1) is 0 Å². The Kier molecular flexibility index (Phi) is 4.39. The standard InChI is InChI=1S/C18H22O/c1-4-7-17(19)18-15(12-13(2)3)11-10-14-8-5-6-9-16(14)18/h5-6,8-11,17,19H,2,4,7,12H2,1,3H3. The van der Waals surface area contributed by atoms with Crippen LogP contribution in [0.1, 0.15) is 43.9 Å². The normalized spacial score (nSPS) is 12.6. The van der Waals surface area contributed by atoms with E-state index in [1.165, 1.54) is 16.3 Å². The van der Waals surface area contributed by atoms with Gasteiger partial charge < -0.3 is 5.11 Å². The Bertz CT molecular complexity index is 583. The number of hydrogen-bond acceptors (Lipinski definition) is 1. The maximum Gasteiger partial charge on any atom is 0.0798 e. The fourth-order valence-corrected chi connectivity index (χ4v) is 2.63. The molecule has 2 aromatic carbocycles. The van der Waals surface area contributed by atoms with Crippen LogP contribution in [0.25, 0.3) is 10.8 Å². The molecule has 2 aromatic rings. The second kappa shape index (κ2) is 6.03. The molecule has 1 heteroatoms. The third-order valence-electron chi connectivity index (χ3n) is 3.45. The van der Waals surface area contributed by atoms with Gasteiger partial charge in [0.25, 0.3) is 0 Å². The van der Waals surface area contributed by atoms with Gasteiger partial charge in [0.1, 0.15) is 0 Å². The Morgan fingerprint density at radius 1 is 1.21 bits per heavy atom. The molecule has 0 aromatic heterocycles. The van der Waals surface area contributed by atoms with E-state index in [1.54, 1.807) is 0 Å². The van der Waals surface area contributed by atoms with Gasteiger partial charge in [-0.1, -0.05) is 61.9 Å². The number of aliphatic hydroxyl groups excluding tert-OH is 1. The van der Waals surface area contributed by atoms with Crippen LogP contribution in [0.2, 0.25) is 0 Å². The van der Waals surface area contributed by atoms with Crippen molar-refractivity contribution in [2.75, 3.05) is 0 Å². The summed E-state index contributed by atoms with van der Waals surface area (Å²) in [5.74, 6) is 0. The van der Waals surface area contributed by atoms with E-state index in [4.69, 9.17) is 0 Å². The first-order valence-corrected chi connectivity index (χ1v) is 6.96. The van der Waals surface area contributed by atoms with Crippen molar-refractivity contribution in [1.29, 1.82) is 0 Å². The third-order valence-corrected chi connectivity index (χ3v) is 3.45. The van der Waals surface area contributed by atoms with Crippen molar-refractivity contribution in [2.24, 2.45) is 0 Å². The van der Waals surface area contributed by atoms with E-state index in [-0.39, 0.29) is 6.10 Å². The molecule has 2 rings (SSSR count). The lowest BCUT2D eigenvalue weighted by molar-refractivity contribution is 0.167. The molecule has 100 valence electrons. The molecule has 1 atom stereocenters. The van der Waals surface area contributed by atoms with Gasteiger partial charge in [-0.05, 0) is 41.7 Å². The van der Waals surface area contributed by atoms with E-state index in [2.05, 4.69) is 37.8 Å². The highest BCUT2D eigenvalue weighted by molar-refractivity contribution is 5.87. The minimum Gasteiger partial charge on any atom is -0.388 e. The lowest BCUT2D eigenvalue weighted by atomic mass is 9.90. The molecule has 0 saturated carbocycles. The summed E-state index contributed by atoms with van der Waals surface area (Å²) in [6.45, 7) is 8.13. The van der Waals surface area contributed by atoms with Crippen molar-refractivity contribution in [3.63, 3.8) is 0 Å². The molecule has 0 spiro atoms. The molecule has 1 N–H and O–H groups in total. The first-order chi connectivity index (χ1) is 9.13. The largest absolute Gasteiger partial charge is 0.388 e. The van der Waals surface area contributed by atoms with Gasteiger partial charge in [-0.25, -0.2) is 0 Å². The molecule has 0 fully saturated rings. The number of aliphatic hydroxyl groups is 1. The van der Waals surface area contributed by atoms with Gasteiger partial charge in [0.05, 0.1) is 6.10 Å².